The summed E-state index contributed by atoms with van der Waals surface area (Å²) in [5.74, 6) is -2.65. The number of rotatable bonds is 6. The van der Waals surface area contributed by atoms with E-state index in [1.54, 1.807) is 17.1 Å². The quantitative estimate of drug-likeness (QED) is 0.503. The van der Waals surface area contributed by atoms with Crippen LogP contribution in [0.15, 0.2) is 24.3 Å². The van der Waals surface area contributed by atoms with Crippen LogP contribution in [0.25, 0.3) is 0 Å². The summed E-state index contributed by atoms with van der Waals surface area (Å²) < 4.78 is 11.7. The predicted molar refractivity (Wildman–Crippen MR) is 107 cm³/mol. The Hall–Kier alpha value is -2.19. The Kier molecular flexibility index (Phi) is 5.72. The van der Waals surface area contributed by atoms with Gasteiger partial charge in [0, 0.05) is 13.1 Å². The molecule has 0 radical (unpaired) electrons. The zero-order valence-corrected chi connectivity index (χ0v) is 17.5. The molecule has 2 amide bonds. The average Bonchev–Trinajstić information content (AvgIpc) is 3.04. The third-order valence-electron chi connectivity index (χ3n) is 6.79. The van der Waals surface area contributed by atoms with E-state index in [4.69, 9.17) is 9.47 Å². The van der Waals surface area contributed by atoms with Gasteiger partial charge in [0.25, 0.3) is 0 Å². The molecular weight excluding hydrogens is 388 g/mol. The Morgan fingerprint density at radius 1 is 1.23 bits per heavy atom. The van der Waals surface area contributed by atoms with Crippen LogP contribution in [-0.2, 0) is 23.9 Å². The molecule has 0 saturated carbocycles. The van der Waals surface area contributed by atoms with Crippen LogP contribution in [0.4, 0.5) is 0 Å². The highest BCUT2D eigenvalue weighted by atomic mass is 16.6. The summed E-state index contributed by atoms with van der Waals surface area (Å²) in [7, 11) is 0. The van der Waals surface area contributed by atoms with Gasteiger partial charge in [0.15, 0.2) is 0 Å². The predicted octanol–water partition coefficient (Wildman–Crippen LogP) is 0.650. The lowest BCUT2D eigenvalue weighted by atomic mass is 9.78. The van der Waals surface area contributed by atoms with E-state index in [9.17, 15) is 19.5 Å². The lowest BCUT2D eigenvalue weighted by molar-refractivity contribution is -0.155. The minimum absolute atomic E-state index is 0.143. The highest BCUT2D eigenvalue weighted by Gasteiger charge is 2.72. The summed E-state index contributed by atoms with van der Waals surface area (Å²) >= 11 is 0. The fourth-order valence-electron chi connectivity index (χ4n) is 5.31. The number of nitrogens with zero attached hydrogens (tertiary/aromatic N) is 2. The number of hydrogen-bond donors (Lipinski definition) is 1. The van der Waals surface area contributed by atoms with Gasteiger partial charge in [-0.3, -0.25) is 14.4 Å². The molecule has 0 aromatic rings. The van der Waals surface area contributed by atoms with Gasteiger partial charge in [-0.05, 0) is 18.9 Å². The van der Waals surface area contributed by atoms with Gasteiger partial charge in [-0.25, -0.2) is 0 Å². The van der Waals surface area contributed by atoms with Crippen molar-refractivity contribution in [2.75, 3.05) is 26.3 Å². The summed E-state index contributed by atoms with van der Waals surface area (Å²) in [6.07, 6.45) is 8.84. The van der Waals surface area contributed by atoms with E-state index in [1.807, 2.05) is 19.1 Å². The number of likely N-dealkylation sites (tertiary alicyclic amines) is 1. The highest BCUT2D eigenvalue weighted by Crippen LogP contribution is 2.53. The van der Waals surface area contributed by atoms with E-state index >= 15 is 0 Å². The van der Waals surface area contributed by atoms with E-state index in [0.717, 1.165) is 12.8 Å². The molecule has 164 valence electrons. The molecule has 2 saturated heterocycles. The largest absolute Gasteiger partial charge is 0.461 e. The number of carbonyl (C=O) groups is 3. The van der Waals surface area contributed by atoms with Crippen LogP contribution >= 0.6 is 0 Å². The van der Waals surface area contributed by atoms with Crippen molar-refractivity contribution in [3.63, 3.8) is 0 Å². The number of carbonyl (C=O) groups excluding carboxylic acids is 3. The second-order valence-electron chi connectivity index (χ2n) is 8.43. The molecule has 0 aliphatic carbocycles. The summed E-state index contributed by atoms with van der Waals surface area (Å²) in [6, 6.07) is -1.43. The van der Waals surface area contributed by atoms with Crippen LogP contribution in [0.3, 0.4) is 0 Å². The molecule has 4 heterocycles. The van der Waals surface area contributed by atoms with E-state index in [2.05, 4.69) is 6.92 Å². The van der Waals surface area contributed by atoms with Gasteiger partial charge in [-0.15, -0.1) is 0 Å². The maximum Gasteiger partial charge on any atom is 0.313 e. The Morgan fingerprint density at radius 3 is 2.73 bits per heavy atom. The molecule has 8 heteroatoms. The van der Waals surface area contributed by atoms with Crippen molar-refractivity contribution in [1.82, 2.24) is 9.80 Å². The van der Waals surface area contributed by atoms with Gasteiger partial charge in [0.05, 0.1) is 24.7 Å². The van der Waals surface area contributed by atoms with Crippen molar-refractivity contribution in [3.05, 3.63) is 24.3 Å². The Labute approximate surface area is 176 Å². The van der Waals surface area contributed by atoms with Crippen molar-refractivity contribution < 1.29 is 29.0 Å². The summed E-state index contributed by atoms with van der Waals surface area (Å²) in [5, 5.41) is 9.97. The first kappa shape index (κ1) is 21.1. The van der Waals surface area contributed by atoms with Gasteiger partial charge in [-0.2, -0.15) is 0 Å². The second-order valence-corrected chi connectivity index (χ2v) is 8.43. The molecule has 1 N–H and O–H groups in total. The van der Waals surface area contributed by atoms with Crippen LogP contribution in [0.2, 0.25) is 0 Å². The maximum absolute atomic E-state index is 13.7. The molecule has 2 fully saturated rings. The molecule has 4 rings (SSSR count). The molecule has 0 aromatic carbocycles. The lowest BCUT2D eigenvalue weighted by Gasteiger charge is -2.38. The van der Waals surface area contributed by atoms with Crippen LogP contribution < -0.4 is 0 Å². The van der Waals surface area contributed by atoms with Crippen LogP contribution in [0.1, 0.15) is 33.1 Å². The number of aliphatic hydroxyl groups excluding tert-OH is 1. The zero-order chi connectivity index (χ0) is 21.5. The number of fused-ring (bicyclic) bond motifs is 2. The first-order valence-electron chi connectivity index (χ1n) is 10.9. The first-order chi connectivity index (χ1) is 14.5. The average molecular weight is 418 g/mol. The smallest absolute Gasteiger partial charge is 0.313 e. The van der Waals surface area contributed by atoms with Gasteiger partial charge in [0.2, 0.25) is 11.8 Å². The van der Waals surface area contributed by atoms with Gasteiger partial charge >= 0.3 is 5.97 Å². The fraction of sp³-hybridized carbons (Fsp3) is 0.682. The number of cyclic esters (lactones) is 1. The molecule has 8 nitrogen and oxygen atoms in total. The first-order valence-corrected chi connectivity index (χ1v) is 10.9. The van der Waals surface area contributed by atoms with E-state index in [0.29, 0.717) is 19.5 Å². The van der Waals surface area contributed by atoms with Crippen LogP contribution in [0.5, 0.6) is 0 Å². The fourth-order valence-corrected chi connectivity index (χ4v) is 5.31. The summed E-state index contributed by atoms with van der Waals surface area (Å²) in [4.78, 5) is 43.4. The molecule has 0 bridgehead atoms. The summed E-state index contributed by atoms with van der Waals surface area (Å²) in [5.41, 5.74) is -1.24. The Balaban J connectivity index is 1.82. The minimum atomic E-state index is -1.24. The Bertz CT molecular complexity index is 776. The van der Waals surface area contributed by atoms with Crippen molar-refractivity contribution >= 4 is 17.8 Å². The van der Waals surface area contributed by atoms with Crippen molar-refractivity contribution in [2.24, 2.45) is 11.8 Å². The third kappa shape index (κ3) is 3.00. The number of hydrogen-bond acceptors (Lipinski definition) is 6. The van der Waals surface area contributed by atoms with E-state index in [1.165, 1.54) is 4.90 Å². The van der Waals surface area contributed by atoms with Crippen LogP contribution in [-0.4, -0.2) is 82.8 Å². The monoisotopic (exact) mass is 418 g/mol. The molecule has 1 unspecified atom stereocenters. The minimum Gasteiger partial charge on any atom is -0.461 e. The Morgan fingerprint density at radius 2 is 2.03 bits per heavy atom. The topological polar surface area (TPSA) is 96.4 Å². The molecule has 4 aliphatic rings. The number of amides is 2. The lowest BCUT2D eigenvalue weighted by Crippen LogP contribution is -2.58. The number of esters is 1. The third-order valence-corrected chi connectivity index (χ3v) is 6.79. The van der Waals surface area contributed by atoms with Crippen molar-refractivity contribution in [1.29, 1.82) is 0 Å². The molecular formula is C22H30N2O6. The molecule has 1 spiro atoms. The number of ether oxygens (including phenoxy) is 2. The van der Waals surface area contributed by atoms with Crippen molar-refractivity contribution in [2.45, 2.75) is 56.9 Å². The normalized spacial score (nSPS) is 36.2. The summed E-state index contributed by atoms with van der Waals surface area (Å²) in [6.45, 7) is 4.83. The zero-order valence-electron chi connectivity index (χ0n) is 17.5. The molecule has 0 aromatic heterocycles. The maximum atomic E-state index is 13.7. The molecule has 30 heavy (non-hydrogen) atoms. The highest BCUT2D eigenvalue weighted by molar-refractivity contribution is 5.99. The molecule has 6 atom stereocenters. The van der Waals surface area contributed by atoms with Crippen LogP contribution in [0, 0.1) is 11.8 Å². The SMILES string of the molecule is CCCCN1CC=C[C@]23O[C@H]4C=CCOC(=O)[C@H]4[C@H]2C(=O)N([C@@H](CC)CO)C3C1=O. The van der Waals surface area contributed by atoms with Gasteiger partial charge in [-0.1, -0.05) is 38.5 Å². The van der Waals surface area contributed by atoms with E-state index < -0.39 is 41.6 Å². The molecule has 4 aliphatic heterocycles. The van der Waals surface area contributed by atoms with Crippen molar-refractivity contribution in [3.8, 4) is 0 Å². The van der Waals surface area contributed by atoms with Gasteiger partial charge in [0.1, 0.15) is 24.2 Å². The van der Waals surface area contributed by atoms with E-state index in [-0.39, 0.29) is 25.0 Å². The standard InChI is InChI=1S/C22H30N2O6/c1-3-5-10-23-11-7-9-22-17(16-15(30-22)8-6-12-29-21(16)28)19(26)24(14(4-2)13-25)18(22)20(23)27/h6-9,14-18,25H,3-5,10-13H2,1-2H3/t14-,15-,16+,17-,18?,22-/m0/s1. The number of aliphatic hydroxyl groups is 1. The number of unbranched alkanes of at least 4 members (excludes halogenated alkanes) is 1. The van der Waals surface area contributed by atoms with Gasteiger partial charge < -0.3 is 24.4 Å². The second kappa shape index (κ2) is 8.15.